The highest BCUT2D eigenvalue weighted by molar-refractivity contribution is 7.92. The molecule has 2 heterocycles. The Kier molecular flexibility index (Phi) is 3.68. The molecule has 1 aliphatic heterocycles. The number of hydrogen-bond donors (Lipinski definition) is 1. The molecule has 0 radical (unpaired) electrons. The Labute approximate surface area is 107 Å². The molecule has 0 aliphatic carbocycles. The number of hydrogen-bond acceptors (Lipinski definition) is 4. The van der Waals surface area contributed by atoms with Crippen molar-refractivity contribution in [2.45, 2.75) is 37.6 Å². The van der Waals surface area contributed by atoms with E-state index in [9.17, 15) is 12.8 Å². The summed E-state index contributed by atoms with van der Waals surface area (Å²) in [6.45, 7) is 3.63. The molecule has 1 saturated heterocycles. The van der Waals surface area contributed by atoms with Gasteiger partial charge in [0.2, 0.25) is 0 Å². The van der Waals surface area contributed by atoms with Crippen LogP contribution in [0.15, 0.2) is 18.3 Å². The quantitative estimate of drug-likeness (QED) is 0.840. The molecule has 18 heavy (non-hydrogen) atoms. The molecule has 1 N–H and O–H groups in total. The van der Waals surface area contributed by atoms with E-state index in [1.54, 1.807) is 6.92 Å². The van der Waals surface area contributed by atoms with Crippen molar-refractivity contribution in [2.24, 2.45) is 0 Å². The predicted octanol–water partition coefficient (Wildman–Crippen LogP) is 1.45. The van der Waals surface area contributed by atoms with Gasteiger partial charge >= 0.3 is 0 Å². The van der Waals surface area contributed by atoms with E-state index in [1.165, 1.54) is 12.1 Å². The van der Waals surface area contributed by atoms with Gasteiger partial charge in [0.25, 0.3) is 0 Å². The van der Waals surface area contributed by atoms with Crippen molar-refractivity contribution in [2.75, 3.05) is 5.75 Å². The van der Waals surface area contributed by atoms with Gasteiger partial charge in [-0.3, -0.25) is 4.98 Å². The Balaban J connectivity index is 2.37. The van der Waals surface area contributed by atoms with E-state index >= 15 is 0 Å². The van der Waals surface area contributed by atoms with Crippen LogP contribution in [0.25, 0.3) is 0 Å². The molecular weight excluding hydrogens is 255 g/mol. The lowest BCUT2D eigenvalue weighted by atomic mass is 10.1. The van der Waals surface area contributed by atoms with Crippen LogP contribution < -0.4 is 5.32 Å². The molecule has 3 atom stereocenters. The number of rotatable bonds is 1. The van der Waals surface area contributed by atoms with Crippen LogP contribution in [0.2, 0.25) is 0 Å². The molecule has 0 amide bonds. The largest absolute Gasteiger partial charge is 0.305 e. The Morgan fingerprint density at radius 1 is 1.39 bits per heavy atom. The third-order valence-electron chi connectivity index (χ3n) is 3.40. The Hall–Kier alpha value is -1.01. The number of halogens is 1. The van der Waals surface area contributed by atoms with Gasteiger partial charge in [-0.2, -0.15) is 0 Å². The zero-order chi connectivity index (χ0) is 13.3. The Morgan fingerprint density at radius 2 is 2.11 bits per heavy atom. The molecule has 1 fully saturated rings. The van der Waals surface area contributed by atoms with Crippen molar-refractivity contribution in [1.82, 2.24) is 10.3 Å². The number of pyridine rings is 1. The Bertz CT molecular complexity index is 515. The molecule has 0 aromatic carbocycles. The van der Waals surface area contributed by atoms with Gasteiger partial charge in [-0.15, -0.1) is 0 Å². The van der Waals surface area contributed by atoms with Gasteiger partial charge in [-0.25, -0.2) is 12.8 Å². The van der Waals surface area contributed by atoms with Gasteiger partial charge in [-0.1, -0.05) is 0 Å². The van der Waals surface area contributed by atoms with Crippen molar-refractivity contribution in [1.29, 1.82) is 0 Å². The molecule has 6 heteroatoms. The van der Waals surface area contributed by atoms with Gasteiger partial charge in [0.1, 0.15) is 5.82 Å². The molecule has 0 bridgehead atoms. The van der Waals surface area contributed by atoms with E-state index in [1.807, 2.05) is 6.92 Å². The van der Waals surface area contributed by atoms with E-state index in [-0.39, 0.29) is 17.8 Å². The third kappa shape index (κ3) is 2.70. The molecule has 0 spiro atoms. The van der Waals surface area contributed by atoms with Crippen molar-refractivity contribution in [3.63, 3.8) is 0 Å². The SMILES string of the molecule is CC1CCS(=O)(=O)C(C)C(c2ccc(F)cn2)N1. The number of nitrogens with one attached hydrogen (secondary N) is 1. The Morgan fingerprint density at radius 3 is 2.72 bits per heavy atom. The summed E-state index contributed by atoms with van der Waals surface area (Å²) in [5.41, 5.74) is 0.571. The first-order chi connectivity index (χ1) is 8.40. The fourth-order valence-electron chi connectivity index (χ4n) is 2.16. The molecular formula is C12H17FN2O2S. The van der Waals surface area contributed by atoms with Crippen LogP contribution in [0.1, 0.15) is 32.0 Å². The van der Waals surface area contributed by atoms with Crippen molar-refractivity contribution in [3.8, 4) is 0 Å². The average molecular weight is 272 g/mol. The van der Waals surface area contributed by atoms with Crippen LogP contribution in [0, 0.1) is 5.82 Å². The number of nitrogens with zero attached hydrogens (tertiary/aromatic N) is 1. The molecule has 4 nitrogen and oxygen atoms in total. The monoisotopic (exact) mass is 272 g/mol. The highest BCUT2D eigenvalue weighted by atomic mass is 32.2. The van der Waals surface area contributed by atoms with Crippen LogP contribution in [0.5, 0.6) is 0 Å². The van der Waals surface area contributed by atoms with Gasteiger partial charge in [0, 0.05) is 6.04 Å². The summed E-state index contributed by atoms with van der Waals surface area (Å²) in [7, 11) is -3.13. The third-order valence-corrected chi connectivity index (χ3v) is 5.61. The highest BCUT2D eigenvalue weighted by Crippen LogP contribution is 2.25. The molecule has 100 valence electrons. The normalized spacial score (nSPS) is 31.8. The molecule has 1 aromatic rings. The zero-order valence-electron chi connectivity index (χ0n) is 10.4. The van der Waals surface area contributed by atoms with Crippen LogP contribution >= 0.6 is 0 Å². The van der Waals surface area contributed by atoms with E-state index in [0.717, 1.165) is 6.20 Å². The molecule has 0 saturated carbocycles. The number of sulfone groups is 1. The minimum atomic E-state index is -3.13. The maximum absolute atomic E-state index is 12.9. The second-order valence-electron chi connectivity index (χ2n) is 4.81. The van der Waals surface area contributed by atoms with Crippen molar-refractivity contribution in [3.05, 3.63) is 29.8 Å². The first-order valence-electron chi connectivity index (χ1n) is 5.99. The zero-order valence-corrected chi connectivity index (χ0v) is 11.2. The molecule has 1 aliphatic rings. The summed E-state index contributed by atoms with van der Waals surface area (Å²) in [4.78, 5) is 3.99. The minimum Gasteiger partial charge on any atom is -0.305 e. The number of aromatic nitrogens is 1. The van der Waals surface area contributed by atoms with E-state index < -0.39 is 20.9 Å². The second kappa shape index (κ2) is 4.93. The summed E-state index contributed by atoms with van der Waals surface area (Å²) in [5.74, 6) is -0.240. The van der Waals surface area contributed by atoms with Gasteiger partial charge in [0.15, 0.2) is 9.84 Å². The lowest BCUT2D eigenvalue weighted by Gasteiger charge is -2.23. The predicted molar refractivity (Wildman–Crippen MR) is 67.4 cm³/mol. The summed E-state index contributed by atoms with van der Waals surface area (Å²) in [6, 6.07) is 2.56. The smallest absolute Gasteiger partial charge is 0.154 e. The van der Waals surface area contributed by atoms with Gasteiger partial charge < -0.3 is 5.32 Å². The van der Waals surface area contributed by atoms with Crippen LogP contribution in [0.4, 0.5) is 4.39 Å². The topological polar surface area (TPSA) is 59.1 Å². The first kappa shape index (κ1) is 13.4. The van der Waals surface area contributed by atoms with Crippen molar-refractivity contribution < 1.29 is 12.8 Å². The van der Waals surface area contributed by atoms with Crippen LogP contribution in [0.3, 0.4) is 0 Å². The fraction of sp³-hybridized carbons (Fsp3) is 0.583. The lowest BCUT2D eigenvalue weighted by Crippen LogP contribution is -2.36. The van der Waals surface area contributed by atoms with E-state index in [2.05, 4.69) is 10.3 Å². The first-order valence-corrected chi connectivity index (χ1v) is 7.71. The lowest BCUT2D eigenvalue weighted by molar-refractivity contribution is 0.443. The molecule has 1 aromatic heterocycles. The van der Waals surface area contributed by atoms with E-state index in [0.29, 0.717) is 12.1 Å². The maximum Gasteiger partial charge on any atom is 0.154 e. The van der Waals surface area contributed by atoms with E-state index in [4.69, 9.17) is 0 Å². The maximum atomic E-state index is 12.9. The summed E-state index contributed by atoms with van der Waals surface area (Å²) >= 11 is 0. The van der Waals surface area contributed by atoms with Crippen LogP contribution in [-0.2, 0) is 9.84 Å². The minimum absolute atomic E-state index is 0.0987. The molecule has 2 rings (SSSR count). The fourth-order valence-corrected chi connectivity index (χ4v) is 3.84. The van der Waals surface area contributed by atoms with Crippen molar-refractivity contribution >= 4 is 9.84 Å². The summed E-state index contributed by atoms with van der Waals surface area (Å²) in [6.07, 6.45) is 1.70. The standard InChI is InChI=1S/C12H17FN2O2S/c1-8-5-6-18(16,17)9(2)12(15-8)11-4-3-10(13)7-14-11/h3-4,7-9,12,15H,5-6H2,1-2H3. The van der Waals surface area contributed by atoms with Gasteiger partial charge in [0.05, 0.1) is 28.9 Å². The highest BCUT2D eigenvalue weighted by Gasteiger charge is 2.35. The summed E-state index contributed by atoms with van der Waals surface area (Å²) < 4.78 is 37.0. The summed E-state index contributed by atoms with van der Waals surface area (Å²) in [5, 5.41) is 2.70. The second-order valence-corrected chi connectivity index (χ2v) is 7.28. The average Bonchev–Trinajstić information content (AvgIpc) is 2.42. The van der Waals surface area contributed by atoms with Crippen LogP contribution in [-0.4, -0.2) is 30.4 Å². The van der Waals surface area contributed by atoms with Gasteiger partial charge in [-0.05, 0) is 32.4 Å². The molecule has 3 unspecified atom stereocenters.